The number of carbonyl (C=O) groups is 8. The lowest BCUT2D eigenvalue weighted by Gasteiger charge is -2.27. The molecular weight excluding hydrogens is 983 g/mol. The van der Waals surface area contributed by atoms with Crippen LogP contribution in [0.25, 0.3) is 0 Å². The fraction of sp³-hybridized carbons (Fsp3) is 0.347. The van der Waals surface area contributed by atoms with Crippen molar-refractivity contribution in [3.8, 4) is 5.75 Å². The molecule has 25 heteroatoms. The topological polar surface area (TPSA) is 354 Å². The van der Waals surface area contributed by atoms with E-state index >= 15 is 0 Å². The van der Waals surface area contributed by atoms with Crippen LogP contribution in [0, 0.1) is 5.92 Å². The maximum absolute atomic E-state index is 14.0. The number of aromatic nitrogens is 1. The Morgan fingerprint density at radius 1 is 0.770 bits per heavy atom. The van der Waals surface area contributed by atoms with E-state index in [2.05, 4.69) is 58.0 Å². The maximum atomic E-state index is 14.0. The summed E-state index contributed by atoms with van der Waals surface area (Å²) in [6.07, 6.45) is 2.14. The lowest BCUT2D eigenvalue weighted by Crippen LogP contribution is -2.59. The second-order valence-corrected chi connectivity index (χ2v) is 18.5. The van der Waals surface area contributed by atoms with Gasteiger partial charge in [0.05, 0.1) is 31.4 Å². The second-order valence-electron chi connectivity index (χ2n) is 17.1. The molecule has 0 spiro atoms. The largest absolute Gasteiger partial charge is 0.494 e. The van der Waals surface area contributed by atoms with Crippen LogP contribution in [-0.4, -0.2) is 127 Å². The summed E-state index contributed by atoms with van der Waals surface area (Å²) in [5.74, 6) is -5.91. The molecule has 0 bridgehead atoms. The van der Waals surface area contributed by atoms with E-state index in [0.29, 0.717) is 17.7 Å². The number of carbonyl (C=O) groups excluding carboxylic acids is 7. The van der Waals surface area contributed by atoms with Crippen molar-refractivity contribution < 1.29 is 61.2 Å². The number of carboxylic acid groups (broad SMARTS) is 1. The fourth-order valence-corrected chi connectivity index (χ4v) is 7.85. The predicted octanol–water partition coefficient (Wildman–Crippen LogP) is 0.995. The fourth-order valence-electron chi connectivity index (χ4n) is 7.18. The molecule has 4 atom stereocenters. The van der Waals surface area contributed by atoms with Crippen molar-refractivity contribution in [1.82, 2.24) is 47.5 Å². The summed E-state index contributed by atoms with van der Waals surface area (Å²) in [7, 11) is -4.46. The molecule has 1 saturated heterocycles. The Kier molecular flexibility index (Phi) is 21.3. The number of aliphatic carboxylic acids is 1. The average Bonchev–Trinajstić information content (AvgIpc) is 3.37. The van der Waals surface area contributed by atoms with E-state index < -0.39 is 101 Å². The Hall–Kier alpha value is -8.45. The number of ether oxygens (including phenoxy) is 1. The van der Waals surface area contributed by atoms with E-state index in [0.717, 1.165) is 5.56 Å². The molecule has 11 N–H and O–H groups in total. The molecule has 2 heterocycles. The second kappa shape index (κ2) is 28.0. The highest BCUT2D eigenvalue weighted by atomic mass is 32.2. The zero-order valence-electron chi connectivity index (χ0n) is 40.5. The lowest BCUT2D eigenvalue weighted by molar-refractivity contribution is -0.141. The number of benzene rings is 3. The first-order valence-electron chi connectivity index (χ1n) is 23.4. The number of rotatable bonds is 21. The van der Waals surface area contributed by atoms with Crippen LogP contribution < -0.4 is 52.7 Å². The highest BCUT2D eigenvalue weighted by Gasteiger charge is 2.34. The van der Waals surface area contributed by atoms with Crippen LogP contribution >= 0.6 is 0 Å². The van der Waals surface area contributed by atoms with E-state index in [4.69, 9.17) is 4.74 Å². The van der Waals surface area contributed by atoms with Gasteiger partial charge in [-0.05, 0) is 66.6 Å². The Labute approximate surface area is 426 Å². The molecule has 394 valence electrons. The quantitative estimate of drug-likeness (QED) is 0.0240. The molecule has 74 heavy (non-hydrogen) atoms. The Morgan fingerprint density at radius 2 is 1.46 bits per heavy atom. The summed E-state index contributed by atoms with van der Waals surface area (Å²) in [5, 5.41) is 34.3. The summed E-state index contributed by atoms with van der Waals surface area (Å²) in [6.45, 7) is 3.48. The molecule has 4 aromatic rings. The van der Waals surface area contributed by atoms with Crippen molar-refractivity contribution in [2.75, 3.05) is 31.7 Å². The summed E-state index contributed by atoms with van der Waals surface area (Å²) in [6, 6.07) is 18.5. The predicted molar refractivity (Wildman–Crippen MR) is 268 cm³/mol. The molecule has 24 nitrogen and oxygen atoms in total. The first-order chi connectivity index (χ1) is 35.4. The molecule has 0 radical (unpaired) electrons. The third-order valence-corrected chi connectivity index (χ3v) is 12.0. The van der Waals surface area contributed by atoms with Gasteiger partial charge < -0.3 is 52.4 Å². The first-order valence-corrected chi connectivity index (χ1v) is 24.9. The molecule has 2 unspecified atom stereocenters. The van der Waals surface area contributed by atoms with Gasteiger partial charge >= 0.3 is 12.0 Å². The van der Waals surface area contributed by atoms with Crippen LogP contribution in [0.4, 0.5) is 10.6 Å². The number of carboxylic acids is 1. The molecule has 1 fully saturated rings. The highest BCUT2D eigenvalue weighted by Crippen LogP contribution is 2.16. The summed E-state index contributed by atoms with van der Waals surface area (Å²) in [5.41, 5.74) is 4.44. The molecule has 0 aliphatic carbocycles. The van der Waals surface area contributed by atoms with E-state index in [9.17, 15) is 56.4 Å². The molecular formula is C49H59N11O13S. The Bertz CT molecular complexity index is 2750. The Balaban J connectivity index is 1.15. The average molecular weight is 1040 g/mol. The van der Waals surface area contributed by atoms with E-state index in [1.54, 1.807) is 44.2 Å². The van der Waals surface area contributed by atoms with Crippen LogP contribution in [0.2, 0.25) is 0 Å². The summed E-state index contributed by atoms with van der Waals surface area (Å²) in [4.78, 5) is 109. The highest BCUT2D eigenvalue weighted by molar-refractivity contribution is 7.86. The number of hydrogen-bond donors (Lipinski definition) is 11. The minimum atomic E-state index is -4.46. The van der Waals surface area contributed by atoms with Crippen molar-refractivity contribution >= 4 is 69.6 Å². The normalized spacial score (nSPS) is 17.8. The minimum absolute atomic E-state index is 0.00783. The number of anilines is 1. The van der Waals surface area contributed by atoms with Crippen LogP contribution in [0.5, 0.6) is 5.75 Å². The van der Waals surface area contributed by atoms with Crippen molar-refractivity contribution in [1.29, 1.82) is 0 Å². The smallest absolute Gasteiger partial charge is 0.315 e. The molecule has 3 aromatic carbocycles. The van der Waals surface area contributed by atoms with Gasteiger partial charge in [0.15, 0.2) is 0 Å². The summed E-state index contributed by atoms with van der Waals surface area (Å²) >= 11 is 0. The molecule has 5 rings (SSSR count). The van der Waals surface area contributed by atoms with Gasteiger partial charge in [-0.3, -0.25) is 43.5 Å². The molecule has 8 amide bonds. The lowest BCUT2D eigenvalue weighted by atomic mass is 9.99. The standard InChI is InChI=1S/C49H59N11O13S/c1-30(2)43-48(68)58-37(47(67)57-38(25-42(62)63)45(65)53-29-41(61)56-36(46(66)59-43)13-8-21-51-49(69)54-26-32-10-4-3-5-11-32)24-31-15-18-35(19-16-31)73-23-9-22-50-44(64)34-17-20-40(52-27-34)60-55-28-33-12-6-7-14-39(33)74(70,71)72/h3-7,10-12,14-20,27-28,30,36-38,43H,8-9,13,21-26,29H2,1-2H3,(H,50,64)(H,52,60)(H,53,65)(H,56,61)(H,57,67)(H,58,68)(H,59,66)(H,62,63)(H2,51,54,69)(H,70,71,72)/t36?,37-,38-,43?/m1/s1. The third-order valence-electron chi connectivity index (χ3n) is 11.1. The number of nitrogens with zero attached hydrogens (tertiary/aromatic N) is 2. The third kappa shape index (κ3) is 18.6. The number of amides is 8. The molecule has 1 aliphatic heterocycles. The monoisotopic (exact) mass is 1040 g/mol. The van der Waals surface area contributed by atoms with Gasteiger partial charge in [0, 0.05) is 37.8 Å². The van der Waals surface area contributed by atoms with Crippen LogP contribution in [0.15, 0.2) is 107 Å². The van der Waals surface area contributed by atoms with Crippen LogP contribution in [0.3, 0.4) is 0 Å². The maximum Gasteiger partial charge on any atom is 0.315 e. The number of hydrazone groups is 1. The van der Waals surface area contributed by atoms with Gasteiger partial charge in [-0.15, -0.1) is 0 Å². The Morgan fingerprint density at radius 3 is 2.15 bits per heavy atom. The van der Waals surface area contributed by atoms with Gasteiger partial charge in [0.25, 0.3) is 16.0 Å². The minimum Gasteiger partial charge on any atom is -0.494 e. The van der Waals surface area contributed by atoms with Gasteiger partial charge in [-0.25, -0.2) is 9.78 Å². The molecule has 1 aliphatic rings. The SMILES string of the molecule is CC(C)C1NC(=O)C(CCCNC(=O)NCc2ccccc2)NC(=O)CNC(=O)[C@@H](CC(=O)O)NC(=O)[C@@H](Cc2ccc(OCCCNC(=O)c3ccc(NN=Cc4ccccc4S(=O)(=O)O)nc3)cc2)NC1=O. The zero-order chi connectivity index (χ0) is 53.6. The van der Waals surface area contributed by atoms with Crippen LogP contribution in [0.1, 0.15) is 66.6 Å². The number of hydrogen-bond acceptors (Lipinski definition) is 14. The van der Waals surface area contributed by atoms with Gasteiger partial charge in [0.2, 0.25) is 29.5 Å². The van der Waals surface area contributed by atoms with E-state index in [1.165, 1.54) is 42.7 Å². The van der Waals surface area contributed by atoms with Crippen LogP contribution in [-0.2, 0) is 51.9 Å². The van der Waals surface area contributed by atoms with Crippen molar-refractivity contribution in [2.24, 2.45) is 11.0 Å². The van der Waals surface area contributed by atoms with Crippen molar-refractivity contribution in [2.45, 2.75) is 81.6 Å². The zero-order valence-corrected chi connectivity index (χ0v) is 41.3. The van der Waals surface area contributed by atoms with Gasteiger partial charge in [-0.1, -0.05) is 74.5 Å². The van der Waals surface area contributed by atoms with Gasteiger partial charge in [-0.2, -0.15) is 13.5 Å². The van der Waals surface area contributed by atoms with E-state index in [1.807, 2.05) is 30.3 Å². The first kappa shape index (κ1) is 56.5. The number of urea groups is 1. The van der Waals surface area contributed by atoms with Crippen molar-refractivity contribution in [3.05, 3.63) is 119 Å². The van der Waals surface area contributed by atoms with Gasteiger partial charge in [0.1, 0.15) is 40.6 Å². The number of nitrogens with one attached hydrogen (secondary N) is 9. The van der Waals surface area contributed by atoms with E-state index in [-0.39, 0.29) is 67.3 Å². The molecule has 1 aromatic heterocycles. The number of pyridine rings is 1. The summed E-state index contributed by atoms with van der Waals surface area (Å²) < 4.78 is 38.4. The molecule has 0 saturated carbocycles. The van der Waals surface area contributed by atoms with Crippen molar-refractivity contribution in [3.63, 3.8) is 0 Å².